The van der Waals surface area contributed by atoms with Crippen LogP contribution in [0, 0.1) is 0 Å². The van der Waals surface area contributed by atoms with E-state index in [-0.39, 0.29) is 0 Å². The van der Waals surface area contributed by atoms with Crippen molar-refractivity contribution in [1.29, 1.82) is 0 Å². The van der Waals surface area contributed by atoms with E-state index in [9.17, 15) is 0 Å². The first-order valence-electron chi connectivity index (χ1n) is 4.86. The zero-order valence-corrected chi connectivity index (χ0v) is 10.3. The molecule has 3 heteroatoms. The normalized spacial score (nSPS) is 11.8. The lowest BCUT2D eigenvalue weighted by atomic mass is 10.1. The monoisotopic (exact) mass is 243 g/mol. The number of hydrogen-bond acceptors (Lipinski definition) is 1. The Bertz CT molecular complexity index is 334. The summed E-state index contributed by atoms with van der Waals surface area (Å²) in [7, 11) is 0. The van der Waals surface area contributed by atoms with Gasteiger partial charge in [0.15, 0.2) is 0 Å². The van der Waals surface area contributed by atoms with Crippen molar-refractivity contribution in [2.45, 2.75) is 19.3 Å². The second-order valence-electron chi connectivity index (χ2n) is 3.51. The van der Waals surface area contributed by atoms with Gasteiger partial charge in [-0.1, -0.05) is 35.9 Å². The number of nitrogens with one attached hydrogen (secondary N) is 1. The maximum absolute atomic E-state index is 5.76. The van der Waals surface area contributed by atoms with E-state index in [1.165, 1.54) is 5.56 Å². The van der Waals surface area contributed by atoms with Crippen LogP contribution in [-0.2, 0) is 12.4 Å². The standard InChI is InChI=1S/C12H15Cl2N/c1-10(6-13)8-15-9-12-4-2-3-11(5-12)7-14/h2-6,15H,7-9H2,1H3/b10-6-. The molecule has 0 atom stereocenters. The molecule has 1 aromatic carbocycles. The quantitative estimate of drug-likeness (QED) is 0.779. The fraction of sp³-hybridized carbons (Fsp3) is 0.333. The zero-order chi connectivity index (χ0) is 11.1. The van der Waals surface area contributed by atoms with Gasteiger partial charge in [-0.3, -0.25) is 0 Å². The lowest BCUT2D eigenvalue weighted by Gasteiger charge is -2.05. The molecule has 0 aliphatic rings. The van der Waals surface area contributed by atoms with Crippen LogP contribution in [0.25, 0.3) is 0 Å². The highest BCUT2D eigenvalue weighted by Crippen LogP contribution is 2.07. The molecule has 0 aliphatic heterocycles. The average Bonchev–Trinajstić information content (AvgIpc) is 2.29. The number of benzene rings is 1. The molecule has 1 rings (SSSR count). The van der Waals surface area contributed by atoms with Gasteiger partial charge in [0.1, 0.15) is 0 Å². The number of halogens is 2. The first-order valence-corrected chi connectivity index (χ1v) is 5.83. The third-order valence-electron chi connectivity index (χ3n) is 2.06. The van der Waals surface area contributed by atoms with Crippen molar-refractivity contribution in [3.05, 3.63) is 46.5 Å². The van der Waals surface area contributed by atoms with E-state index < -0.39 is 0 Å². The Kier molecular flexibility index (Phi) is 5.77. The Labute approximate surface area is 101 Å². The van der Waals surface area contributed by atoms with Gasteiger partial charge in [0.25, 0.3) is 0 Å². The molecule has 0 spiro atoms. The van der Waals surface area contributed by atoms with E-state index in [1.807, 2.05) is 19.1 Å². The summed E-state index contributed by atoms with van der Waals surface area (Å²) < 4.78 is 0. The average molecular weight is 244 g/mol. The predicted molar refractivity (Wildman–Crippen MR) is 67.3 cm³/mol. The van der Waals surface area contributed by atoms with Crippen LogP contribution in [0.15, 0.2) is 35.4 Å². The van der Waals surface area contributed by atoms with Gasteiger partial charge >= 0.3 is 0 Å². The minimum Gasteiger partial charge on any atom is -0.309 e. The lowest BCUT2D eigenvalue weighted by molar-refractivity contribution is 0.740. The molecule has 1 nitrogen and oxygen atoms in total. The van der Waals surface area contributed by atoms with Gasteiger partial charge in [-0.05, 0) is 23.6 Å². The fourth-order valence-corrected chi connectivity index (χ4v) is 1.51. The fourth-order valence-electron chi connectivity index (χ4n) is 1.27. The van der Waals surface area contributed by atoms with Gasteiger partial charge in [0.05, 0.1) is 0 Å². The summed E-state index contributed by atoms with van der Waals surface area (Å²) in [6.45, 7) is 3.65. The Morgan fingerprint density at radius 3 is 2.80 bits per heavy atom. The molecular weight excluding hydrogens is 229 g/mol. The van der Waals surface area contributed by atoms with E-state index in [0.717, 1.165) is 24.2 Å². The topological polar surface area (TPSA) is 12.0 Å². The Morgan fingerprint density at radius 1 is 1.40 bits per heavy atom. The highest BCUT2D eigenvalue weighted by molar-refractivity contribution is 6.25. The van der Waals surface area contributed by atoms with Crippen molar-refractivity contribution in [2.75, 3.05) is 6.54 Å². The molecule has 0 fully saturated rings. The summed E-state index contributed by atoms with van der Waals surface area (Å²) >= 11 is 11.3. The van der Waals surface area contributed by atoms with Crippen LogP contribution >= 0.6 is 23.2 Å². The van der Waals surface area contributed by atoms with E-state index in [0.29, 0.717) is 5.88 Å². The third kappa shape index (κ3) is 4.70. The molecule has 15 heavy (non-hydrogen) atoms. The molecule has 0 amide bonds. The van der Waals surface area contributed by atoms with Crippen molar-refractivity contribution in [1.82, 2.24) is 5.32 Å². The largest absolute Gasteiger partial charge is 0.309 e. The summed E-state index contributed by atoms with van der Waals surface area (Å²) in [4.78, 5) is 0. The number of rotatable bonds is 5. The minimum atomic E-state index is 0.564. The third-order valence-corrected chi connectivity index (χ3v) is 2.75. The summed E-state index contributed by atoms with van der Waals surface area (Å²) in [5, 5.41) is 3.31. The van der Waals surface area contributed by atoms with Crippen LogP contribution in [-0.4, -0.2) is 6.54 Å². The maximum Gasteiger partial charge on any atom is 0.0474 e. The van der Waals surface area contributed by atoms with Crippen molar-refractivity contribution < 1.29 is 0 Å². The van der Waals surface area contributed by atoms with Crippen LogP contribution in [0.2, 0.25) is 0 Å². The van der Waals surface area contributed by atoms with Crippen molar-refractivity contribution >= 4 is 23.2 Å². The van der Waals surface area contributed by atoms with Gasteiger partial charge in [-0.15, -0.1) is 11.6 Å². The zero-order valence-electron chi connectivity index (χ0n) is 8.76. The van der Waals surface area contributed by atoms with Crippen molar-refractivity contribution in [3.8, 4) is 0 Å². The van der Waals surface area contributed by atoms with Crippen LogP contribution in [0.4, 0.5) is 0 Å². The summed E-state index contributed by atoms with van der Waals surface area (Å²) in [5.41, 5.74) is 5.13. The highest BCUT2D eigenvalue weighted by atomic mass is 35.5. The molecule has 82 valence electrons. The SMILES string of the molecule is C/C(=C/Cl)CNCc1cccc(CCl)c1. The van der Waals surface area contributed by atoms with Crippen LogP contribution in [0.3, 0.4) is 0 Å². The lowest BCUT2D eigenvalue weighted by Crippen LogP contribution is -2.15. The van der Waals surface area contributed by atoms with Crippen LogP contribution in [0.5, 0.6) is 0 Å². The number of hydrogen-bond donors (Lipinski definition) is 1. The summed E-state index contributed by atoms with van der Waals surface area (Å²) in [5.74, 6) is 0.564. The summed E-state index contributed by atoms with van der Waals surface area (Å²) in [6.07, 6.45) is 0. The Morgan fingerprint density at radius 2 is 2.13 bits per heavy atom. The minimum absolute atomic E-state index is 0.564. The van der Waals surface area contributed by atoms with Crippen molar-refractivity contribution in [2.24, 2.45) is 0 Å². The van der Waals surface area contributed by atoms with E-state index in [4.69, 9.17) is 23.2 Å². The summed E-state index contributed by atoms with van der Waals surface area (Å²) in [6, 6.07) is 8.25. The van der Waals surface area contributed by atoms with E-state index in [1.54, 1.807) is 5.54 Å². The van der Waals surface area contributed by atoms with E-state index >= 15 is 0 Å². The maximum atomic E-state index is 5.76. The van der Waals surface area contributed by atoms with E-state index in [2.05, 4.69) is 17.4 Å². The van der Waals surface area contributed by atoms with Gasteiger partial charge in [0.2, 0.25) is 0 Å². The van der Waals surface area contributed by atoms with Gasteiger partial charge in [-0.25, -0.2) is 0 Å². The number of alkyl halides is 1. The molecule has 0 saturated carbocycles. The molecule has 0 heterocycles. The molecule has 0 aromatic heterocycles. The molecular formula is C12H15Cl2N. The highest BCUT2D eigenvalue weighted by Gasteiger charge is 1.95. The molecule has 1 N–H and O–H groups in total. The van der Waals surface area contributed by atoms with Crippen molar-refractivity contribution in [3.63, 3.8) is 0 Å². The smallest absolute Gasteiger partial charge is 0.0474 e. The first-order chi connectivity index (χ1) is 7.26. The molecule has 0 radical (unpaired) electrons. The molecule has 0 saturated heterocycles. The molecule has 1 aromatic rings. The first kappa shape index (κ1) is 12.6. The molecule has 0 aliphatic carbocycles. The second-order valence-corrected chi connectivity index (χ2v) is 4.00. The molecule has 0 bridgehead atoms. The Balaban J connectivity index is 2.43. The van der Waals surface area contributed by atoms with Gasteiger partial charge in [-0.2, -0.15) is 0 Å². The predicted octanol–water partition coefficient (Wildman–Crippen LogP) is 3.66. The van der Waals surface area contributed by atoms with Crippen LogP contribution in [0.1, 0.15) is 18.1 Å². The van der Waals surface area contributed by atoms with Crippen LogP contribution < -0.4 is 5.32 Å². The molecule has 0 unspecified atom stereocenters. The van der Waals surface area contributed by atoms with Gasteiger partial charge < -0.3 is 5.32 Å². The second kappa shape index (κ2) is 6.89. The Hall–Kier alpha value is -0.500. The van der Waals surface area contributed by atoms with Gasteiger partial charge in [0, 0.05) is 24.5 Å².